The molecule has 0 radical (unpaired) electrons. The molecule has 0 unspecified atom stereocenters. The Morgan fingerprint density at radius 3 is 2.44 bits per heavy atom. The lowest BCUT2D eigenvalue weighted by molar-refractivity contribution is 0.613. The van der Waals surface area contributed by atoms with Gasteiger partial charge in [-0.05, 0) is 36.8 Å². The molecule has 1 aliphatic carbocycles. The first-order chi connectivity index (χ1) is 8.95. The van der Waals surface area contributed by atoms with Gasteiger partial charge in [-0.3, -0.25) is 0 Å². The summed E-state index contributed by atoms with van der Waals surface area (Å²) >= 11 is 0. The minimum Gasteiger partial charge on any atom is -0.158 e. The molecule has 1 heterocycles. The molecule has 1 aromatic carbocycles. The fourth-order valence-corrected chi connectivity index (χ4v) is 2.74. The molecule has 0 aliphatic heterocycles. The van der Waals surface area contributed by atoms with Crippen molar-refractivity contribution in [3.8, 4) is 11.3 Å². The molecule has 1 aliphatic rings. The Morgan fingerprint density at radius 1 is 0.833 bits per heavy atom. The molecule has 92 valence electrons. The Balaban J connectivity index is 2.07. The second-order valence-electron chi connectivity index (χ2n) is 4.98. The summed E-state index contributed by atoms with van der Waals surface area (Å²) in [5.74, 6) is 0. The van der Waals surface area contributed by atoms with Crippen LogP contribution in [0.2, 0.25) is 0 Å². The van der Waals surface area contributed by atoms with Crippen LogP contribution in [0.15, 0.2) is 36.5 Å². The lowest BCUT2D eigenvalue weighted by Crippen LogP contribution is -2.05. The van der Waals surface area contributed by atoms with Gasteiger partial charge in [0.2, 0.25) is 0 Å². The zero-order chi connectivity index (χ0) is 12.2. The Labute approximate surface area is 108 Å². The molecule has 0 bridgehead atoms. The van der Waals surface area contributed by atoms with Crippen molar-refractivity contribution in [1.29, 1.82) is 0 Å². The molecule has 0 saturated heterocycles. The largest absolute Gasteiger partial charge is 0.158 e. The average Bonchev–Trinajstić information content (AvgIpc) is 2.40. The highest BCUT2D eigenvalue weighted by Gasteiger charge is 2.13. The van der Waals surface area contributed by atoms with Gasteiger partial charge in [-0.25, -0.2) is 0 Å². The highest BCUT2D eigenvalue weighted by molar-refractivity contribution is 5.63. The van der Waals surface area contributed by atoms with Gasteiger partial charge >= 0.3 is 0 Å². The van der Waals surface area contributed by atoms with E-state index >= 15 is 0 Å². The summed E-state index contributed by atoms with van der Waals surface area (Å²) in [6.45, 7) is 0. The molecule has 3 rings (SSSR count). The summed E-state index contributed by atoms with van der Waals surface area (Å²) in [7, 11) is 0. The molecule has 2 heteroatoms. The number of fused-ring (bicyclic) bond motifs is 1. The maximum absolute atomic E-state index is 4.38. The highest BCUT2D eigenvalue weighted by atomic mass is 15.1. The highest BCUT2D eigenvalue weighted by Crippen LogP contribution is 2.27. The van der Waals surface area contributed by atoms with Gasteiger partial charge in [0.1, 0.15) is 0 Å². The summed E-state index contributed by atoms with van der Waals surface area (Å²) in [4.78, 5) is 0. The zero-order valence-corrected chi connectivity index (χ0v) is 10.6. The summed E-state index contributed by atoms with van der Waals surface area (Å²) in [5, 5.41) is 8.58. The third-order valence-electron chi connectivity index (χ3n) is 3.71. The van der Waals surface area contributed by atoms with Crippen LogP contribution in [0.25, 0.3) is 11.3 Å². The van der Waals surface area contributed by atoms with Crippen molar-refractivity contribution in [3.63, 3.8) is 0 Å². The van der Waals surface area contributed by atoms with E-state index < -0.39 is 0 Å². The second-order valence-corrected chi connectivity index (χ2v) is 4.98. The van der Waals surface area contributed by atoms with Crippen LogP contribution in [-0.4, -0.2) is 10.2 Å². The Morgan fingerprint density at radius 2 is 1.61 bits per heavy atom. The van der Waals surface area contributed by atoms with E-state index in [9.17, 15) is 0 Å². The van der Waals surface area contributed by atoms with Crippen LogP contribution in [0.5, 0.6) is 0 Å². The molecule has 0 amide bonds. The SMILES string of the molecule is c1ccc(-c2nncc3c2CCCCCC3)cc1. The van der Waals surface area contributed by atoms with Gasteiger partial charge in [-0.2, -0.15) is 10.2 Å². The Kier molecular flexibility index (Phi) is 3.35. The van der Waals surface area contributed by atoms with E-state index in [0.29, 0.717) is 0 Å². The van der Waals surface area contributed by atoms with Gasteiger partial charge in [0.15, 0.2) is 0 Å². The minimum absolute atomic E-state index is 1.09. The molecular weight excluding hydrogens is 220 g/mol. The summed E-state index contributed by atoms with van der Waals surface area (Å²) in [5.41, 5.74) is 5.12. The van der Waals surface area contributed by atoms with Crippen LogP contribution in [0.4, 0.5) is 0 Å². The number of hydrogen-bond acceptors (Lipinski definition) is 2. The van der Waals surface area contributed by atoms with Gasteiger partial charge < -0.3 is 0 Å². The van der Waals surface area contributed by atoms with Gasteiger partial charge in [0, 0.05) is 5.56 Å². The van der Waals surface area contributed by atoms with Crippen LogP contribution >= 0.6 is 0 Å². The molecular formula is C16H18N2. The zero-order valence-electron chi connectivity index (χ0n) is 10.6. The van der Waals surface area contributed by atoms with E-state index in [1.165, 1.54) is 42.4 Å². The first-order valence-corrected chi connectivity index (χ1v) is 6.84. The third-order valence-corrected chi connectivity index (χ3v) is 3.71. The number of aryl methyl sites for hydroxylation is 1. The van der Waals surface area contributed by atoms with Crippen LogP contribution < -0.4 is 0 Å². The fraction of sp³-hybridized carbons (Fsp3) is 0.375. The third kappa shape index (κ3) is 2.28. The lowest BCUT2D eigenvalue weighted by atomic mass is 9.92. The van der Waals surface area contributed by atoms with E-state index in [4.69, 9.17) is 0 Å². The van der Waals surface area contributed by atoms with E-state index in [1.54, 1.807) is 0 Å². The lowest BCUT2D eigenvalue weighted by Gasteiger charge is -2.16. The van der Waals surface area contributed by atoms with E-state index in [2.05, 4.69) is 34.5 Å². The minimum atomic E-state index is 1.09. The van der Waals surface area contributed by atoms with E-state index in [0.717, 1.165) is 18.5 Å². The quantitative estimate of drug-likeness (QED) is 0.755. The van der Waals surface area contributed by atoms with Crippen molar-refractivity contribution < 1.29 is 0 Å². The molecule has 18 heavy (non-hydrogen) atoms. The van der Waals surface area contributed by atoms with Crippen molar-refractivity contribution in [3.05, 3.63) is 47.7 Å². The number of aromatic nitrogens is 2. The van der Waals surface area contributed by atoms with E-state index in [1.807, 2.05) is 12.3 Å². The van der Waals surface area contributed by atoms with Crippen molar-refractivity contribution >= 4 is 0 Å². The number of benzene rings is 1. The monoisotopic (exact) mass is 238 g/mol. The van der Waals surface area contributed by atoms with Gasteiger partial charge in [0.25, 0.3) is 0 Å². The fourth-order valence-electron chi connectivity index (χ4n) is 2.74. The van der Waals surface area contributed by atoms with Crippen LogP contribution in [0.3, 0.4) is 0 Å². The van der Waals surface area contributed by atoms with Crippen LogP contribution in [0.1, 0.15) is 36.8 Å². The molecule has 0 atom stereocenters. The van der Waals surface area contributed by atoms with Crippen molar-refractivity contribution in [2.45, 2.75) is 38.5 Å². The Bertz CT molecular complexity index is 520. The topological polar surface area (TPSA) is 25.8 Å². The normalized spacial score (nSPS) is 15.6. The molecule has 0 spiro atoms. The summed E-state index contributed by atoms with van der Waals surface area (Å²) in [6, 6.07) is 10.4. The van der Waals surface area contributed by atoms with Crippen molar-refractivity contribution in [2.75, 3.05) is 0 Å². The molecule has 2 aromatic rings. The van der Waals surface area contributed by atoms with Gasteiger partial charge in [-0.1, -0.05) is 43.2 Å². The predicted molar refractivity (Wildman–Crippen MR) is 73.3 cm³/mol. The van der Waals surface area contributed by atoms with Crippen molar-refractivity contribution in [2.24, 2.45) is 0 Å². The van der Waals surface area contributed by atoms with Crippen LogP contribution in [0, 0.1) is 0 Å². The summed E-state index contributed by atoms with van der Waals surface area (Å²) < 4.78 is 0. The molecule has 0 fully saturated rings. The molecule has 0 saturated carbocycles. The Hall–Kier alpha value is -1.70. The van der Waals surface area contributed by atoms with Crippen LogP contribution in [-0.2, 0) is 12.8 Å². The number of hydrogen-bond donors (Lipinski definition) is 0. The first-order valence-electron chi connectivity index (χ1n) is 6.84. The van der Waals surface area contributed by atoms with Gasteiger partial charge in [0.05, 0.1) is 11.9 Å². The summed E-state index contributed by atoms with van der Waals surface area (Å²) in [6.07, 6.45) is 9.52. The smallest absolute Gasteiger partial charge is 0.0964 e. The second kappa shape index (κ2) is 5.30. The molecule has 2 nitrogen and oxygen atoms in total. The van der Waals surface area contributed by atoms with E-state index in [-0.39, 0.29) is 0 Å². The maximum atomic E-state index is 4.38. The van der Waals surface area contributed by atoms with Gasteiger partial charge in [-0.15, -0.1) is 0 Å². The first kappa shape index (κ1) is 11.4. The molecule has 0 N–H and O–H groups in total. The standard InChI is InChI=1S/C16H18N2/c1-2-7-11-15-14(10-4-1)12-17-18-16(15)13-8-5-3-6-9-13/h3,5-6,8-9,12H,1-2,4,7,10-11H2. The number of rotatable bonds is 1. The molecule has 1 aromatic heterocycles. The average molecular weight is 238 g/mol. The number of nitrogens with zero attached hydrogens (tertiary/aromatic N) is 2. The van der Waals surface area contributed by atoms with Crippen molar-refractivity contribution in [1.82, 2.24) is 10.2 Å². The predicted octanol–water partition coefficient (Wildman–Crippen LogP) is 3.80. The maximum Gasteiger partial charge on any atom is 0.0964 e.